The first-order chi connectivity index (χ1) is 10.1. The Balaban J connectivity index is 2.02. The van der Waals surface area contributed by atoms with Crippen LogP contribution in [-0.4, -0.2) is 25.8 Å². The highest BCUT2D eigenvalue weighted by Gasteiger charge is 2.15. The summed E-state index contributed by atoms with van der Waals surface area (Å²) in [6.07, 6.45) is 0. The molecule has 8 heteroatoms. The maximum Gasteiger partial charge on any atom is 0.280 e. The second kappa shape index (κ2) is 4.95. The van der Waals surface area contributed by atoms with Crippen LogP contribution in [-0.2, 0) is 0 Å². The highest BCUT2D eigenvalue weighted by Crippen LogP contribution is 2.19. The van der Waals surface area contributed by atoms with Crippen molar-refractivity contribution >= 4 is 34.2 Å². The molecule has 0 fully saturated rings. The van der Waals surface area contributed by atoms with Gasteiger partial charge in [0.05, 0.1) is 10.4 Å². The Hall–Kier alpha value is -2.80. The Morgan fingerprint density at radius 2 is 1.90 bits per heavy atom. The molecule has 0 atom stereocenters. The molecule has 0 saturated carbocycles. The number of rotatable bonds is 2. The zero-order chi connectivity index (χ0) is 15.0. The van der Waals surface area contributed by atoms with E-state index in [1.807, 2.05) is 0 Å². The van der Waals surface area contributed by atoms with Crippen molar-refractivity contribution in [3.8, 4) is 0 Å². The molecule has 1 heterocycles. The van der Waals surface area contributed by atoms with Crippen LogP contribution in [0.25, 0.3) is 11.0 Å². The molecule has 0 spiro atoms. The van der Waals surface area contributed by atoms with Gasteiger partial charge in [0.15, 0.2) is 0 Å². The lowest BCUT2D eigenvalue weighted by Gasteiger charge is -2.01. The number of benzene rings is 2. The van der Waals surface area contributed by atoms with E-state index in [1.54, 1.807) is 18.2 Å². The Bertz CT molecular complexity index is 857. The van der Waals surface area contributed by atoms with E-state index in [1.165, 1.54) is 24.3 Å². The molecule has 0 aliphatic heterocycles. The van der Waals surface area contributed by atoms with Crippen molar-refractivity contribution in [2.75, 3.05) is 0 Å². The average Bonchev–Trinajstić information content (AvgIpc) is 2.89. The minimum absolute atomic E-state index is 0.0817. The lowest BCUT2D eigenvalue weighted by atomic mass is 10.2. The van der Waals surface area contributed by atoms with Gasteiger partial charge in [0.1, 0.15) is 5.52 Å². The van der Waals surface area contributed by atoms with Gasteiger partial charge in [-0.3, -0.25) is 14.9 Å². The van der Waals surface area contributed by atoms with Gasteiger partial charge in [-0.15, -0.1) is 5.10 Å². The van der Waals surface area contributed by atoms with E-state index < -0.39 is 10.8 Å². The molecule has 0 unspecified atom stereocenters. The van der Waals surface area contributed by atoms with Crippen molar-refractivity contribution in [2.45, 2.75) is 0 Å². The van der Waals surface area contributed by atoms with Gasteiger partial charge in [-0.05, 0) is 30.3 Å². The number of carbonyl (C=O) groups excluding carboxylic acids is 1. The number of nitrogens with zero attached hydrogens (tertiary/aromatic N) is 4. The third-order valence-corrected chi connectivity index (χ3v) is 3.16. The van der Waals surface area contributed by atoms with Gasteiger partial charge in [-0.25, -0.2) is 0 Å². The monoisotopic (exact) mass is 302 g/mol. The molecule has 104 valence electrons. The van der Waals surface area contributed by atoms with E-state index in [0.717, 1.165) is 4.68 Å². The quantitative estimate of drug-likeness (QED) is 0.536. The zero-order valence-corrected chi connectivity index (χ0v) is 11.2. The van der Waals surface area contributed by atoms with E-state index in [9.17, 15) is 14.9 Å². The standard InChI is InChI=1S/C13H7ClN4O3/c14-9-3-6-12-11(7-9)15-16-17(12)13(19)8-1-4-10(5-2-8)18(20)21/h1-7H. The SMILES string of the molecule is O=C(c1ccc([N+](=O)[O-])cc1)n1nnc2cc(Cl)ccc21. The molecule has 0 amide bonds. The van der Waals surface area contributed by atoms with Crippen LogP contribution in [0, 0.1) is 10.1 Å². The molecule has 21 heavy (non-hydrogen) atoms. The highest BCUT2D eigenvalue weighted by molar-refractivity contribution is 6.31. The molecule has 3 rings (SSSR count). The van der Waals surface area contributed by atoms with Crippen molar-refractivity contribution in [2.24, 2.45) is 0 Å². The predicted molar refractivity (Wildman–Crippen MR) is 75.4 cm³/mol. The molecule has 1 aromatic heterocycles. The fourth-order valence-corrected chi connectivity index (χ4v) is 2.06. The van der Waals surface area contributed by atoms with Gasteiger partial charge in [0.2, 0.25) is 0 Å². The molecule has 0 saturated heterocycles. The smallest absolute Gasteiger partial charge is 0.267 e. The molecule has 3 aromatic rings. The van der Waals surface area contributed by atoms with Gasteiger partial charge in [-0.2, -0.15) is 4.68 Å². The number of hydrogen-bond donors (Lipinski definition) is 0. The van der Waals surface area contributed by atoms with Crippen LogP contribution < -0.4 is 0 Å². The lowest BCUT2D eigenvalue weighted by Crippen LogP contribution is -2.13. The van der Waals surface area contributed by atoms with E-state index in [-0.39, 0.29) is 11.3 Å². The molecular weight excluding hydrogens is 296 g/mol. The second-order valence-electron chi connectivity index (χ2n) is 4.24. The summed E-state index contributed by atoms with van der Waals surface area (Å²) in [6, 6.07) is 10.2. The summed E-state index contributed by atoms with van der Waals surface area (Å²) >= 11 is 5.85. The van der Waals surface area contributed by atoms with Crippen LogP contribution in [0.2, 0.25) is 5.02 Å². The number of nitro benzene ring substituents is 1. The Morgan fingerprint density at radius 1 is 1.19 bits per heavy atom. The fraction of sp³-hybridized carbons (Fsp3) is 0. The number of carbonyl (C=O) groups is 1. The molecule has 0 aliphatic rings. The molecular formula is C13H7ClN4O3. The summed E-state index contributed by atoms with van der Waals surface area (Å²) in [5, 5.41) is 18.8. The number of hydrogen-bond acceptors (Lipinski definition) is 5. The molecule has 7 nitrogen and oxygen atoms in total. The fourth-order valence-electron chi connectivity index (χ4n) is 1.89. The average molecular weight is 303 g/mol. The number of fused-ring (bicyclic) bond motifs is 1. The largest absolute Gasteiger partial charge is 0.280 e. The Kier molecular flexibility index (Phi) is 3.11. The van der Waals surface area contributed by atoms with Gasteiger partial charge >= 0.3 is 0 Å². The van der Waals surface area contributed by atoms with Crippen LogP contribution in [0.15, 0.2) is 42.5 Å². The summed E-state index contributed by atoms with van der Waals surface area (Å²) in [7, 11) is 0. The molecule has 0 N–H and O–H groups in total. The summed E-state index contributed by atoms with van der Waals surface area (Å²) < 4.78 is 1.13. The molecule has 0 aliphatic carbocycles. The van der Waals surface area contributed by atoms with Gasteiger partial charge in [0, 0.05) is 22.7 Å². The van der Waals surface area contributed by atoms with Crippen LogP contribution >= 0.6 is 11.6 Å². The molecule has 0 bridgehead atoms. The van der Waals surface area contributed by atoms with E-state index in [4.69, 9.17) is 11.6 Å². The van der Waals surface area contributed by atoms with Crippen LogP contribution in [0.5, 0.6) is 0 Å². The Labute approximate surface area is 122 Å². The molecule has 0 radical (unpaired) electrons. The van der Waals surface area contributed by atoms with Gasteiger partial charge < -0.3 is 0 Å². The third-order valence-electron chi connectivity index (χ3n) is 2.92. The summed E-state index contributed by atoms with van der Waals surface area (Å²) in [4.78, 5) is 22.4. The van der Waals surface area contributed by atoms with Crippen LogP contribution in [0.4, 0.5) is 5.69 Å². The minimum atomic E-state index is -0.527. The normalized spacial score (nSPS) is 10.7. The van der Waals surface area contributed by atoms with Crippen LogP contribution in [0.3, 0.4) is 0 Å². The van der Waals surface area contributed by atoms with Crippen LogP contribution in [0.1, 0.15) is 10.4 Å². The first kappa shape index (κ1) is 13.2. The summed E-state index contributed by atoms with van der Waals surface area (Å²) in [5.74, 6) is -0.422. The van der Waals surface area contributed by atoms with E-state index >= 15 is 0 Å². The number of aromatic nitrogens is 3. The number of non-ortho nitro benzene ring substituents is 1. The number of nitro groups is 1. The first-order valence-electron chi connectivity index (χ1n) is 5.86. The minimum Gasteiger partial charge on any atom is -0.267 e. The maximum atomic E-state index is 12.3. The zero-order valence-electron chi connectivity index (χ0n) is 10.4. The van der Waals surface area contributed by atoms with Crippen molar-refractivity contribution in [1.82, 2.24) is 15.0 Å². The van der Waals surface area contributed by atoms with E-state index in [2.05, 4.69) is 10.3 Å². The van der Waals surface area contributed by atoms with Crippen molar-refractivity contribution in [3.05, 3.63) is 63.2 Å². The first-order valence-corrected chi connectivity index (χ1v) is 6.24. The van der Waals surface area contributed by atoms with E-state index in [0.29, 0.717) is 16.1 Å². The molecule has 2 aromatic carbocycles. The Morgan fingerprint density at radius 3 is 2.57 bits per heavy atom. The third kappa shape index (κ3) is 2.34. The maximum absolute atomic E-state index is 12.3. The summed E-state index contributed by atoms with van der Waals surface area (Å²) in [5.41, 5.74) is 1.21. The van der Waals surface area contributed by atoms with Gasteiger partial charge in [0.25, 0.3) is 11.6 Å². The van der Waals surface area contributed by atoms with Crippen molar-refractivity contribution in [3.63, 3.8) is 0 Å². The predicted octanol–water partition coefficient (Wildman–Crippen LogP) is 2.68. The van der Waals surface area contributed by atoms with Crippen molar-refractivity contribution < 1.29 is 9.72 Å². The highest BCUT2D eigenvalue weighted by atomic mass is 35.5. The lowest BCUT2D eigenvalue weighted by molar-refractivity contribution is -0.384. The van der Waals surface area contributed by atoms with Gasteiger partial charge in [-0.1, -0.05) is 16.8 Å². The topological polar surface area (TPSA) is 90.9 Å². The number of halogens is 1. The summed E-state index contributed by atoms with van der Waals surface area (Å²) in [6.45, 7) is 0. The second-order valence-corrected chi connectivity index (χ2v) is 4.68. The van der Waals surface area contributed by atoms with Crippen molar-refractivity contribution in [1.29, 1.82) is 0 Å².